The molecule has 2 rings (SSSR count). The van der Waals surface area contributed by atoms with Gasteiger partial charge in [-0.05, 0) is 58.8 Å². The number of nitrogens with one attached hydrogen (secondary N) is 1. The zero-order valence-electron chi connectivity index (χ0n) is 11.8. The van der Waals surface area contributed by atoms with Crippen LogP contribution in [-0.4, -0.2) is 63.2 Å². The standard InChI is InChI=1S/C14H29N3/c1-15-14-6-4-5-13(14)11-17(3)10-12-7-8-16(2)9-12/h12-15H,4-11H2,1-3H3. The summed E-state index contributed by atoms with van der Waals surface area (Å²) in [6.45, 7) is 5.16. The van der Waals surface area contributed by atoms with E-state index >= 15 is 0 Å². The molecule has 1 aliphatic carbocycles. The molecule has 0 radical (unpaired) electrons. The molecule has 0 amide bonds. The molecule has 17 heavy (non-hydrogen) atoms. The van der Waals surface area contributed by atoms with E-state index in [2.05, 4.69) is 36.3 Å². The minimum absolute atomic E-state index is 0.767. The van der Waals surface area contributed by atoms with Gasteiger partial charge in [0.15, 0.2) is 0 Å². The van der Waals surface area contributed by atoms with E-state index in [1.165, 1.54) is 51.9 Å². The Balaban J connectivity index is 1.71. The smallest absolute Gasteiger partial charge is 0.0104 e. The van der Waals surface area contributed by atoms with Crippen molar-refractivity contribution in [3.63, 3.8) is 0 Å². The summed E-state index contributed by atoms with van der Waals surface area (Å²) in [6.07, 6.45) is 5.60. The van der Waals surface area contributed by atoms with Crippen molar-refractivity contribution in [1.82, 2.24) is 15.1 Å². The third-order valence-electron chi connectivity index (χ3n) is 4.63. The highest BCUT2D eigenvalue weighted by Gasteiger charge is 2.28. The molecule has 3 nitrogen and oxygen atoms in total. The molecule has 100 valence electrons. The lowest BCUT2D eigenvalue weighted by Crippen LogP contribution is -2.38. The Bertz CT molecular complexity index is 232. The van der Waals surface area contributed by atoms with Gasteiger partial charge in [-0.3, -0.25) is 0 Å². The van der Waals surface area contributed by atoms with Crippen molar-refractivity contribution in [3.8, 4) is 0 Å². The first-order valence-corrected chi connectivity index (χ1v) is 7.23. The molecule has 1 saturated heterocycles. The summed E-state index contributed by atoms with van der Waals surface area (Å²) in [6, 6.07) is 0.767. The second-order valence-corrected chi connectivity index (χ2v) is 6.22. The van der Waals surface area contributed by atoms with Crippen molar-refractivity contribution < 1.29 is 0 Å². The maximum absolute atomic E-state index is 3.49. The molecule has 0 bridgehead atoms. The van der Waals surface area contributed by atoms with Gasteiger partial charge in [0.05, 0.1) is 0 Å². The number of hydrogen-bond acceptors (Lipinski definition) is 3. The van der Waals surface area contributed by atoms with E-state index in [0.29, 0.717) is 0 Å². The highest BCUT2D eigenvalue weighted by molar-refractivity contribution is 4.84. The Morgan fingerprint density at radius 2 is 2.06 bits per heavy atom. The van der Waals surface area contributed by atoms with Crippen molar-refractivity contribution in [1.29, 1.82) is 0 Å². The van der Waals surface area contributed by atoms with Crippen LogP contribution in [0.25, 0.3) is 0 Å². The molecule has 2 fully saturated rings. The van der Waals surface area contributed by atoms with Crippen LogP contribution in [0.2, 0.25) is 0 Å². The van der Waals surface area contributed by atoms with Crippen LogP contribution in [0.3, 0.4) is 0 Å². The summed E-state index contributed by atoms with van der Waals surface area (Å²) >= 11 is 0. The first-order valence-electron chi connectivity index (χ1n) is 7.23. The minimum Gasteiger partial charge on any atom is -0.317 e. The SMILES string of the molecule is CNC1CCCC1CN(C)CC1CCN(C)C1. The number of nitrogens with zero attached hydrogens (tertiary/aromatic N) is 2. The fraction of sp³-hybridized carbons (Fsp3) is 1.00. The minimum atomic E-state index is 0.767. The molecule has 1 N–H and O–H groups in total. The Morgan fingerprint density at radius 3 is 2.71 bits per heavy atom. The van der Waals surface area contributed by atoms with Crippen LogP contribution in [0.4, 0.5) is 0 Å². The van der Waals surface area contributed by atoms with Gasteiger partial charge in [-0.1, -0.05) is 6.42 Å². The Kier molecular flexibility index (Phi) is 4.83. The summed E-state index contributed by atoms with van der Waals surface area (Å²) in [4.78, 5) is 5.04. The van der Waals surface area contributed by atoms with Gasteiger partial charge in [0.25, 0.3) is 0 Å². The van der Waals surface area contributed by atoms with E-state index in [9.17, 15) is 0 Å². The van der Waals surface area contributed by atoms with Crippen LogP contribution in [0.15, 0.2) is 0 Å². The maximum Gasteiger partial charge on any atom is 0.0104 e. The first-order chi connectivity index (χ1) is 8.19. The van der Waals surface area contributed by atoms with Crippen LogP contribution in [0, 0.1) is 11.8 Å². The van der Waals surface area contributed by atoms with E-state index in [0.717, 1.165) is 17.9 Å². The molecule has 0 aromatic rings. The molecule has 1 heterocycles. The zero-order chi connectivity index (χ0) is 12.3. The average Bonchev–Trinajstić information content (AvgIpc) is 2.87. The Morgan fingerprint density at radius 1 is 1.24 bits per heavy atom. The van der Waals surface area contributed by atoms with E-state index in [1.807, 2.05) is 0 Å². The molecule has 0 spiro atoms. The lowest BCUT2D eigenvalue weighted by molar-refractivity contribution is 0.223. The van der Waals surface area contributed by atoms with Gasteiger partial charge in [-0.15, -0.1) is 0 Å². The molecule has 1 saturated carbocycles. The number of hydrogen-bond donors (Lipinski definition) is 1. The number of rotatable bonds is 5. The first kappa shape index (κ1) is 13.3. The second kappa shape index (κ2) is 6.17. The normalized spacial score (nSPS) is 34.9. The fourth-order valence-electron chi connectivity index (χ4n) is 3.73. The van der Waals surface area contributed by atoms with Gasteiger partial charge in [0, 0.05) is 25.7 Å². The van der Waals surface area contributed by atoms with Gasteiger partial charge in [0.2, 0.25) is 0 Å². The van der Waals surface area contributed by atoms with E-state index < -0.39 is 0 Å². The second-order valence-electron chi connectivity index (χ2n) is 6.22. The van der Waals surface area contributed by atoms with Crippen LogP contribution >= 0.6 is 0 Å². The molecule has 0 aromatic carbocycles. The van der Waals surface area contributed by atoms with E-state index in [1.54, 1.807) is 0 Å². The van der Waals surface area contributed by atoms with Crippen LogP contribution in [0.1, 0.15) is 25.7 Å². The Hall–Kier alpha value is -0.120. The maximum atomic E-state index is 3.49. The molecule has 3 heteroatoms. The van der Waals surface area contributed by atoms with Crippen molar-refractivity contribution >= 4 is 0 Å². The molecule has 2 aliphatic rings. The molecule has 0 aromatic heterocycles. The molecular formula is C14H29N3. The molecule has 3 unspecified atom stereocenters. The quantitative estimate of drug-likeness (QED) is 0.779. The van der Waals surface area contributed by atoms with Crippen LogP contribution in [0.5, 0.6) is 0 Å². The monoisotopic (exact) mass is 239 g/mol. The molecule has 1 aliphatic heterocycles. The zero-order valence-corrected chi connectivity index (χ0v) is 11.8. The van der Waals surface area contributed by atoms with E-state index in [-0.39, 0.29) is 0 Å². The highest BCUT2D eigenvalue weighted by Crippen LogP contribution is 2.26. The van der Waals surface area contributed by atoms with Gasteiger partial charge in [0.1, 0.15) is 0 Å². The largest absolute Gasteiger partial charge is 0.317 e. The topological polar surface area (TPSA) is 18.5 Å². The lowest BCUT2D eigenvalue weighted by atomic mass is 10.0. The predicted octanol–water partition coefficient (Wildman–Crippen LogP) is 1.26. The lowest BCUT2D eigenvalue weighted by Gasteiger charge is -2.27. The van der Waals surface area contributed by atoms with Gasteiger partial charge in [-0.2, -0.15) is 0 Å². The van der Waals surface area contributed by atoms with Crippen molar-refractivity contribution in [2.24, 2.45) is 11.8 Å². The van der Waals surface area contributed by atoms with Crippen LogP contribution in [-0.2, 0) is 0 Å². The fourth-order valence-corrected chi connectivity index (χ4v) is 3.73. The summed E-state index contributed by atoms with van der Waals surface area (Å²) in [7, 11) is 6.67. The van der Waals surface area contributed by atoms with Gasteiger partial charge < -0.3 is 15.1 Å². The average molecular weight is 239 g/mol. The van der Waals surface area contributed by atoms with Gasteiger partial charge in [-0.25, -0.2) is 0 Å². The summed E-state index contributed by atoms with van der Waals surface area (Å²) in [5.41, 5.74) is 0. The molecule has 3 atom stereocenters. The van der Waals surface area contributed by atoms with Crippen molar-refractivity contribution in [2.45, 2.75) is 31.7 Å². The summed E-state index contributed by atoms with van der Waals surface area (Å²) in [5.74, 6) is 1.78. The predicted molar refractivity (Wildman–Crippen MR) is 73.3 cm³/mol. The third kappa shape index (κ3) is 3.67. The summed E-state index contributed by atoms with van der Waals surface area (Å²) < 4.78 is 0. The highest BCUT2D eigenvalue weighted by atomic mass is 15.2. The van der Waals surface area contributed by atoms with E-state index in [4.69, 9.17) is 0 Å². The molecular weight excluding hydrogens is 210 g/mol. The van der Waals surface area contributed by atoms with Gasteiger partial charge >= 0.3 is 0 Å². The van der Waals surface area contributed by atoms with Crippen LogP contribution < -0.4 is 5.32 Å². The third-order valence-corrected chi connectivity index (χ3v) is 4.63. The Labute approximate surface area is 107 Å². The summed E-state index contributed by atoms with van der Waals surface area (Å²) in [5, 5.41) is 3.49. The van der Waals surface area contributed by atoms with Crippen molar-refractivity contribution in [2.75, 3.05) is 47.3 Å². The number of likely N-dealkylation sites (tertiary alicyclic amines) is 1. The van der Waals surface area contributed by atoms with Crippen molar-refractivity contribution in [3.05, 3.63) is 0 Å².